The Morgan fingerprint density at radius 3 is 2.33 bits per heavy atom. The number of amides is 1. The molecule has 0 saturated carbocycles. The first-order valence-electron chi connectivity index (χ1n) is 9.74. The van der Waals surface area contributed by atoms with E-state index in [0.29, 0.717) is 30.0 Å². The number of aryl methyl sites for hydroxylation is 2. The standard InChI is InChI=1S/C22H28N2O5S/c1-5-29-22(26)18-10-12-19(13-11-18)23-21(25)7-6-14-24(30(4,27)28)20-15-16(2)8-9-17(20)3/h8-13,15H,5-7,14H2,1-4H3,(H,23,25). The number of esters is 1. The van der Waals surface area contributed by atoms with Crippen molar-refractivity contribution in [3.05, 3.63) is 59.2 Å². The van der Waals surface area contributed by atoms with Crippen molar-refractivity contribution in [1.29, 1.82) is 0 Å². The smallest absolute Gasteiger partial charge is 0.338 e. The van der Waals surface area contributed by atoms with Gasteiger partial charge in [-0.15, -0.1) is 0 Å². The van der Waals surface area contributed by atoms with Gasteiger partial charge in [-0.25, -0.2) is 13.2 Å². The quantitative estimate of drug-likeness (QED) is 0.611. The SMILES string of the molecule is CCOC(=O)c1ccc(NC(=O)CCCN(c2cc(C)ccc2C)S(C)(=O)=O)cc1. The average Bonchev–Trinajstić information content (AvgIpc) is 2.67. The van der Waals surface area contributed by atoms with Crippen molar-refractivity contribution >= 4 is 33.3 Å². The molecule has 0 aromatic heterocycles. The number of benzene rings is 2. The van der Waals surface area contributed by atoms with Crippen LogP contribution in [0.4, 0.5) is 11.4 Å². The molecule has 0 saturated heterocycles. The molecule has 0 atom stereocenters. The van der Waals surface area contributed by atoms with Gasteiger partial charge in [0.05, 0.1) is 24.1 Å². The van der Waals surface area contributed by atoms with E-state index in [0.717, 1.165) is 11.1 Å². The Hall–Kier alpha value is -2.87. The minimum absolute atomic E-state index is 0.163. The van der Waals surface area contributed by atoms with Gasteiger partial charge >= 0.3 is 5.97 Å². The highest BCUT2D eigenvalue weighted by atomic mass is 32.2. The number of nitrogens with zero attached hydrogens (tertiary/aromatic N) is 1. The monoisotopic (exact) mass is 432 g/mol. The fourth-order valence-corrected chi connectivity index (χ4v) is 3.98. The number of carbonyl (C=O) groups excluding carboxylic acids is 2. The summed E-state index contributed by atoms with van der Waals surface area (Å²) in [5.74, 6) is -0.643. The first-order valence-corrected chi connectivity index (χ1v) is 11.6. The van der Waals surface area contributed by atoms with Crippen molar-refractivity contribution in [1.82, 2.24) is 0 Å². The Kier molecular flexibility index (Phi) is 8.00. The molecule has 0 unspecified atom stereocenters. The molecule has 0 heterocycles. The molecule has 1 N–H and O–H groups in total. The summed E-state index contributed by atoms with van der Waals surface area (Å²) in [6.07, 6.45) is 1.70. The maximum absolute atomic E-state index is 12.3. The van der Waals surface area contributed by atoms with Crippen LogP contribution in [0.15, 0.2) is 42.5 Å². The van der Waals surface area contributed by atoms with Crippen LogP contribution in [0.5, 0.6) is 0 Å². The lowest BCUT2D eigenvalue weighted by molar-refractivity contribution is -0.116. The number of ether oxygens (including phenoxy) is 1. The van der Waals surface area contributed by atoms with Crippen molar-refractivity contribution in [3.63, 3.8) is 0 Å². The topological polar surface area (TPSA) is 92.8 Å². The lowest BCUT2D eigenvalue weighted by atomic mass is 10.1. The predicted octanol–water partition coefficient (Wildman–Crippen LogP) is 3.67. The van der Waals surface area contributed by atoms with Gasteiger partial charge in [-0.05, 0) is 68.7 Å². The minimum Gasteiger partial charge on any atom is -0.462 e. The highest BCUT2D eigenvalue weighted by molar-refractivity contribution is 7.92. The molecule has 2 aromatic carbocycles. The number of nitrogens with one attached hydrogen (secondary N) is 1. The zero-order chi connectivity index (χ0) is 22.3. The number of carbonyl (C=O) groups is 2. The first kappa shape index (κ1) is 23.4. The molecule has 2 rings (SSSR count). The van der Waals surface area contributed by atoms with Crippen LogP contribution < -0.4 is 9.62 Å². The second-order valence-corrected chi connectivity index (χ2v) is 8.98. The number of hydrogen-bond acceptors (Lipinski definition) is 5. The lowest BCUT2D eigenvalue weighted by Crippen LogP contribution is -2.32. The van der Waals surface area contributed by atoms with Gasteiger partial charge < -0.3 is 10.1 Å². The summed E-state index contributed by atoms with van der Waals surface area (Å²) in [7, 11) is -3.47. The molecule has 30 heavy (non-hydrogen) atoms. The molecule has 0 radical (unpaired) electrons. The lowest BCUT2D eigenvalue weighted by Gasteiger charge is -2.24. The van der Waals surface area contributed by atoms with Crippen LogP contribution in [-0.2, 0) is 19.6 Å². The van der Waals surface area contributed by atoms with Gasteiger partial charge in [0, 0.05) is 18.7 Å². The van der Waals surface area contributed by atoms with Crippen LogP contribution in [-0.4, -0.2) is 39.7 Å². The third-order valence-electron chi connectivity index (χ3n) is 4.48. The molecule has 0 aliphatic rings. The Morgan fingerprint density at radius 1 is 1.07 bits per heavy atom. The molecule has 8 heteroatoms. The van der Waals surface area contributed by atoms with E-state index in [1.54, 1.807) is 31.2 Å². The normalized spacial score (nSPS) is 11.1. The van der Waals surface area contributed by atoms with Gasteiger partial charge in [0.1, 0.15) is 0 Å². The third-order valence-corrected chi connectivity index (χ3v) is 5.66. The van der Waals surface area contributed by atoms with Crippen LogP contribution in [0.3, 0.4) is 0 Å². The van der Waals surface area contributed by atoms with Gasteiger partial charge in [0.15, 0.2) is 0 Å². The van der Waals surface area contributed by atoms with Gasteiger partial charge in [-0.1, -0.05) is 12.1 Å². The fourth-order valence-electron chi connectivity index (χ4n) is 2.96. The van der Waals surface area contributed by atoms with Crippen LogP contribution in [0, 0.1) is 13.8 Å². The minimum atomic E-state index is -3.47. The molecular weight excluding hydrogens is 404 g/mol. The molecule has 7 nitrogen and oxygen atoms in total. The Bertz CT molecular complexity index is 1000. The van der Waals surface area contributed by atoms with Crippen LogP contribution in [0.25, 0.3) is 0 Å². The largest absolute Gasteiger partial charge is 0.462 e. The molecule has 0 bridgehead atoms. The van der Waals surface area contributed by atoms with Gasteiger partial charge in [-0.3, -0.25) is 9.10 Å². The summed E-state index contributed by atoms with van der Waals surface area (Å²) in [5.41, 5.74) is 3.42. The van der Waals surface area contributed by atoms with Crippen LogP contribution in [0.1, 0.15) is 41.3 Å². The number of rotatable bonds is 9. The third kappa shape index (κ3) is 6.59. The average molecular weight is 433 g/mol. The molecule has 1 amide bonds. The van der Waals surface area contributed by atoms with E-state index in [1.165, 1.54) is 10.6 Å². The maximum Gasteiger partial charge on any atom is 0.338 e. The van der Waals surface area contributed by atoms with Gasteiger partial charge in [0.2, 0.25) is 15.9 Å². The van der Waals surface area contributed by atoms with Gasteiger partial charge in [0.25, 0.3) is 0 Å². The molecule has 0 aliphatic heterocycles. The first-order chi connectivity index (χ1) is 14.1. The number of hydrogen-bond donors (Lipinski definition) is 1. The zero-order valence-electron chi connectivity index (χ0n) is 17.8. The van der Waals surface area contributed by atoms with Crippen molar-refractivity contribution in [2.45, 2.75) is 33.6 Å². The van der Waals surface area contributed by atoms with Crippen molar-refractivity contribution in [3.8, 4) is 0 Å². The summed E-state index contributed by atoms with van der Waals surface area (Å²) >= 11 is 0. The van der Waals surface area contributed by atoms with E-state index in [1.807, 2.05) is 32.0 Å². The number of anilines is 2. The van der Waals surface area contributed by atoms with E-state index < -0.39 is 16.0 Å². The summed E-state index contributed by atoms with van der Waals surface area (Å²) < 4.78 is 30.8. The van der Waals surface area contributed by atoms with E-state index in [4.69, 9.17) is 4.74 Å². The van der Waals surface area contributed by atoms with Crippen molar-refractivity contribution < 1.29 is 22.7 Å². The van der Waals surface area contributed by atoms with Crippen LogP contribution >= 0.6 is 0 Å². The Morgan fingerprint density at radius 2 is 1.73 bits per heavy atom. The van der Waals surface area contributed by atoms with E-state index in [2.05, 4.69) is 5.32 Å². The summed E-state index contributed by atoms with van der Waals surface area (Å²) in [6.45, 7) is 6.00. The second kappa shape index (κ2) is 10.2. The zero-order valence-corrected chi connectivity index (χ0v) is 18.6. The fraction of sp³-hybridized carbons (Fsp3) is 0.364. The molecule has 0 aliphatic carbocycles. The summed E-state index contributed by atoms with van der Waals surface area (Å²) in [5, 5.41) is 2.75. The summed E-state index contributed by atoms with van der Waals surface area (Å²) in [6, 6.07) is 12.1. The second-order valence-electron chi connectivity index (χ2n) is 7.07. The van der Waals surface area contributed by atoms with Crippen molar-refractivity contribution in [2.75, 3.05) is 29.0 Å². The Balaban J connectivity index is 1.96. The van der Waals surface area contributed by atoms with E-state index in [-0.39, 0.29) is 18.9 Å². The molecular formula is C22H28N2O5S. The number of sulfonamides is 1. The van der Waals surface area contributed by atoms with E-state index in [9.17, 15) is 18.0 Å². The molecule has 162 valence electrons. The molecule has 0 fully saturated rings. The van der Waals surface area contributed by atoms with Crippen molar-refractivity contribution in [2.24, 2.45) is 0 Å². The highest BCUT2D eigenvalue weighted by Gasteiger charge is 2.19. The van der Waals surface area contributed by atoms with E-state index >= 15 is 0 Å². The van der Waals surface area contributed by atoms with Crippen LogP contribution in [0.2, 0.25) is 0 Å². The van der Waals surface area contributed by atoms with Gasteiger partial charge in [-0.2, -0.15) is 0 Å². The molecule has 0 spiro atoms. The molecule has 2 aromatic rings. The highest BCUT2D eigenvalue weighted by Crippen LogP contribution is 2.24. The predicted molar refractivity (Wildman–Crippen MR) is 118 cm³/mol. The Labute approximate surface area is 178 Å². The summed E-state index contributed by atoms with van der Waals surface area (Å²) in [4.78, 5) is 23.9. The maximum atomic E-state index is 12.3.